The Morgan fingerprint density at radius 3 is 2.62 bits per heavy atom. The maximum absolute atomic E-state index is 15.3. The molecule has 0 bridgehead atoms. The van der Waals surface area contributed by atoms with Crippen LogP contribution in [-0.2, 0) is 25.3 Å². The van der Waals surface area contributed by atoms with Crippen molar-refractivity contribution < 1.29 is 36.7 Å². The van der Waals surface area contributed by atoms with Crippen LogP contribution in [0.2, 0.25) is 5.02 Å². The van der Waals surface area contributed by atoms with Gasteiger partial charge in [-0.3, -0.25) is 19.3 Å². The number of fused-ring (bicyclic) bond motifs is 2. The van der Waals surface area contributed by atoms with Crippen LogP contribution in [0.25, 0.3) is 0 Å². The van der Waals surface area contributed by atoms with E-state index in [9.17, 15) is 27.6 Å². The quantitative estimate of drug-likeness (QED) is 0.225. The average molecular weight is 681 g/mol. The van der Waals surface area contributed by atoms with Gasteiger partial charge in [0.15, 0.2) is 5.67 Å². The smallest absolute Gasteiger partial charge is 0.376 e. The fraction of sp³-hybridized carbons (Fsp3) is 0.500. The zero-order chi connectivity index (χ0) is 34.3. The molecule has 2 saturated heterocycles. The number of carbonyl (C=O) groups excluding carboxylic acids is 3. The van der Waals surface area contributed by atoms with Crippen LogP contribution in [0.1, 0.15) is 17.7 Å². The van der Waals surface area contributed by atoms with Crippen LogP contribution in [0.15, 0.2) is 42.5 Å². The summed E-state index contributed by atoms with van der Waals surface area (Å²) in [6, 6.07) is 5.56. The van der Waals surface area contributed by atoms with Crippen LogP contribution < -0.4 is 14.7 Å². The molecule has 3 aliphatic heterocycles. The van der Waals surface area contributed by atoms with Crippen molar-refractivity contribution in [3.8, 4) is 0 Å². The number of amides is 3. The first-order valence-corrected chi connectivity index (χ1v) is 15.5. The number of rotatable bonds is 9. The van der Waals surface area contributed by atoms with Crippen LogP contribution in [-0.4, -0.2) is 111 Å². The predicted octanol–water partition coefficient (Wildman–Crippen LogP) is 3.95. The van der Waals surface area contributed by atoms with Crippen molar-refractivity contribution in [1.82, 2.24) is 14.8 Å². The van der Waals surface area contributed by atoms with Gasteiger partial charge in [-0.2, -0.15) is 13.2 Å². The van der Waals surface area contributed by atoms with Crippen LogP contribution >= 0.6 is 11.6 Å². The van der Waals surface area contributed by atoms with Gasteiger partial charge in [-0.1, -0.05) is 23.7 Å². The number of alkyl halides is 4. The first kappa shape index (κ1) is 34.6. The maximum Gasteiger partial charge on any atom is 0.416 e. The number of pyridine rings is 1. The number of para-hydroxylation sites is 1. The van der Waals surface area contributed by atoms with E-state index < -0.39 is 41.2 Å². The molecule has 47 heavy (non-hydrogen) atoms. The highest BCUT2D eigenvalue weighted by Gasteiger charge is 2.50. The molecule has 2 fully saturated rings. The number of aromatic nitrogens is 1. The first-order chi connectivity index (χ1) is 22.1. The van der Waals surface area contributed by atoms with E-state index >= 15 is 4.39 Å². The molecule has 254 valence electrons. The fourth-order valence-corrected chi connectivity index (χ4v) is 6.54. The zero-order valence-corrected chi connectivity index (χ0v) is 27.3. The first-order valence-electron chi connectivity index (χ1n) is 15.1. The van der Waals surface area contributed by atoms with Crippen molar-refractivity contribution >= 4 is 46.5 Å². The van der Waals surface area contributed by atoms with Crippen molar-refractivity contribution in [2.45, 2.75) is 31.2 Å². The lowest BCUT2D eigenvalue weighted by Crippen LogP contribution is -2.62. The summed E-state index contributed by atoms with van der Waals surface area (Å²) in [6.07, 6.45) is -1.64. The minimum atomic E-state index is -4.67. The molecule has 0 aliphatic carbocycles. The highest BCUT2D eigenvalue weighted by atomic mass is 35.5. The van der Waals surface area contributed by atoms with Crippen LogP contribution in [0.4, 0.5) is 34.8 Å². The summed E-state index contributed by atoms with van der Waals surface area (Å²) < 4.78 is 62.0. The molecule has 3 aliphatic rings. The molecule has 0 spiro atoms. The van der Waals surface area contributed by atoms with Crippen LogP contribution in [0, 0.1) is 12.8 Å². The molecule has 10 nitrogen and oxygen atoms in total. The molecule has 0 unspecified atom stereocenters. The Kier molecular flexibility index (Phi) is 9.86. The Balaban J connectivity index is 1.32. The topological polar surface area (TPSA) is 89.5 Å². The van der Waals surface area contributed by atoms with Gasteiger partial charge in [0.25, 0.3) is 0 Å². The van der Waals surface area contributed by atoms with Crippen molar-refractivity contribution in [1.29, 1.82) is 0 Å². The van der Waals surface area contributed by atoms with E-state index in [1.54, 1.807) is 24.3 Å². The highest BCUT2D eigenvalue weighted by Crippen LogP contribution is 2.43. The van der Waals surface area contributed by atoms with Gasteiger partial charge in [-0.25, -0.2) is 9.37 Å². The molecular formula is C32H37ClF4N6O4. The van der Waals surface area contributed by atoms with Crippen LogP contribution in [0.3, 0.4) is 0 Å². The molecular weight excluding hydrogens is 644 g/mol. The molecule has 2 aromatic rings. The molecule has 1 aromatic carbocycles. The lowest BCUT2D eigenvalue weighted by Gasteiger charge is -2.43. The van der Waals surface area contributed by atoms with Gasteiger partial charge in [-0.15, -0.1) is 0 Å². The van der Waals surface area contributed by atoms with E-state index in [0.29, 0.717) is 22.9 Å². The normalized spacial score (nSPS) is 21.2. The second kappa shape index (κ2) is 13.4. The molecule has 0 saturated carbocycles. The third kappa shape index (κ3) is 7.39. The minimum absolute atomic E-state index is 0.0546. The Morgan fingerprint density at radius 1 is 1.21 bits per heavy atom. The molecule has 2 atom stereocenters. The van der Waals surface area contributed by atoms with Gasteiger partial charge in [0, 0.05) is 50.8 Å². The molecule has 15 heteroatoms. The fourth-order valence-electron chi connectivity index (χ4n) is 6.25. The number of nitrogens with zero attached hydrogens (tertiary/aromatic N) is 6. The summed E-state index contributed by atoms with van der Waals surface area (Å²) in [5.74, 6) is -2.15. The van der Waals surface area contributed by atoms with Crippen molar-refractivity contribution in [2.75, 3.05) is 81.8 Å². The SMILES string of the molecule is Cc1cc(C(F)(F)F)cc(N2C(=O)C[C@@H]3CN(CCOCC4(F)CN(C(=O)/C=C/CN(C)C)C4)c4c(Cl)cccc4N(C)C(=O)[C@H]32)n1. The highest BCUT2D eigenvalue weighted by molar-refractivity contribution is 6.34. The number of hydrogen-bond acceptors (Lipinski definition) is 7. The van der Waals surface area contributed by atoms with Gasteiger partial charge in [0.1, 0.15) is 11.9 Å². The molecule has 1 aromatic heterocycles. The number of likely N-dealkylation sites (tertiary alicyclic amines) is 1. The van der Waals surface area contributed by atoms with Crippen LogP contribution in [0.5, 0.6) is 0 Å². The summed E-state index contributed by atoms with van der Waals surface area (Å²) >= 11 is 6.65. The summed E-state index contributed by atoms with van der Waals surface area (Å²) in [6.45, 7) is 1.99. The Labute approximate surface area is 275 Å². The van der Waals surface area contributed by atoms with E-state index in [1.807, 2.05) is 23.9 Å². The number of anilines is 3. The lowest BCUT2D eigenvalue weighted by atomic mass is 9.95. The van der Waals surface area contributed by atoms with E-state index in [4.69, 9.17) is 16.3 Å². The average Bonchev–Trinajstić information content (AvgIpc) is 3.29. The number of aryl methyl sites for hydroxylation is 1. The predicted molar refractivity (Wildman–Crippen MR) is 169 cm³/mol. The molecule has 5 rings (SSSR count). The maximum atomic E-state index is 15.3. The monoisotopic (exact) mass is 680 g/mol. The van der Waals surface area contributed by atoms with Gasteiger partial charge in [0.05, 0.1) is 48.3 Å². The number of ether oxygens (including phenoxy) is 1. The Bertz CT molecular complexity index is 1560. The van der Waals surface area contributed by atoms with Gasteiger partial charge < -0.3 is 24.3 Å². The molecule has 0 radical (unpaired) electrons. The minimum Gasteiger partial charge on any atom is -0.376 e. The van der Waals surface area contributed by atoms with Gasteiger partial charge >= 0.3 is 6.18 Å². The largest absolute Gasteiger partial charge is 0.416 e. The molecule has 0 N–H and O–H groups in total. The third-order valence-electron chi connectivity index (χ3n) is 8.48. The lowest BCUT2D eigenvalue weighted by molar-refractivity contribution is -0.145. The van der Waals surface area contributed by atoms with Crippen molar-refractivity contribution in [3.05, 3.63) is 58.8 Å². The van der Waals surface area contributed by atoms with Crippen molar-refractivity contribution in [3.63, 3.8) is 0 Å². The van der Waals surface area contributed by atoms with Crippen molar-refractivity contribution in [2.24, 2.45) is 5.92 Å². The number of halogens is 5. The Hall–Kier alpha value is -3.75. The second-order valence-electron chi connectivity index (χ2n) is 12.5. The summed E-state index contributed by atoms with van der Waals surface area (Å²) in [5, 5.41) is 0.342. The number of likely N-dealkylation sites (N-methyl/N-ethyl adjacent to an activating group) is 2. The van der Waals surface area contributed by atoms with E-state index in [-0.39, 0.29) is 63.2 Å². The summed E-state index contributed by atoms with van der Waals surface area (Å²) in [4.78, 5) is 51.4. The standard InChI is InChI=1S/C32H37ClF4N6O4/c1-20-13-22(32(35,36)37)15-25(38-20)43-27(45)14-21-16-41(29-23(33)7-5-8-24(29)40(4)30(46)28(21)43)11-12-47-19-31(34)17-42(18-31)26(44)9-6-10-39(2)3/h5-9,13,15,21,28H,10-12,14,16-19H2,1-4H3/b9-6+/t21-,28+/m1/s1. The summed E-state index contributed by atoms with van der Waals surface area (Å²) in [5.41, 5.74) is -1.65. The van der Waals surface area contributed by atoms with E-state index in [2.05, 4.69) is 4.98 Å². The van der Waals surface area contributed by atoms with Gasteiger partial charge in [-0.05, 0) is 45.3 Å². The molecule has 3 amide bonds. The molecule has 4 heterocycles. The zero-order valence-electron chi connectivity index (χ0n) is 26.6. The van der Waals surface area contributed by atoms with E-state index in [1.165, 1.54) is 29.8 Å². The van der Waals surface area contributed by atoms with Gasteiger partial charge in [0.2, 0.25) is 17.7 Å². The van der Waals surface area contributed by atoms with E-state index in [0.717, 1.165) is 17.0 Å². The number of hydrogen-bond donors (Lipinski definition) is 0. The summed E-state index contributed by atoms with van der Waals surface area (Å²) in [7, 11) is 5.27. The number of benzene rings is 1. The third-order valence-corrected chi connectivity index (χ3v) is 8.79. The number of carbonyl (C=O) groups is 3. The Morgan fingerprint density at radius 2 is 1.94 bits per heavy atom. The second-order valence-corrected chi connectivity index (χ2v) is 12.9.